The second-order valence-corrected chi connectivity index (χ2v) is 6.54. The predicted octanol–water partition coefficient (Wildman–Crippen LogP) is 3.26. The number of ether oxygens (including phenoxy) is 1. The topological polar surface area (TPSA) is 63.6 Å². The van der Waals surface area contributed by atoms with Gasteiger partial charge in [0.1, 0.15) is 6.61 Å². The molecule has 0 radical (unpaired) electrons. The van der Waals surface area contributed by atoms with Gasteiger partial charge in [-0.1, -0.05) is 44.2 Å². The molecule has 0 aliphatic heterocycles. The molecule has 0 amide bonds. The lowest BCUT2D eigenvalue weighted by Crippen LogP contribution is -2.43. The molecule has 114 valence electrons. The van der Waals surface area contributed by atoms with Crippen molar-refractivity contribution in [1.82, 2.24) is 0 Å². The number of rotatable bonds is 4. The average molecular weight is 290 g/mol. The minimum atomic E-state index is -0.885. The number of hydrogen-bond acceptors (Lipinski definition) is 3. The summed E-state index contributed by atoms with van der Waals surface area (Å²) in [6, 6.07) is 9.49. The highest BCUT2D eigenvalue weighted by atomic mass is 16.5. The van der Waals surface area contributed by atoms with E-state index in [0.717, 1.165) is 5.56 Å². The molecule has 4 heteroatoms. The number of benzene rings is 1. The van der Waals surface area contributed by atoms with Crippen molar-refractivity contribution in [3.63, 3.8) is 0 Å². The lowest BCUT2D eigenvalue weighted by molar-refractivity contribution is -0.161. The number of esters is 1. The zero-order valence-corrected chi connectivity index (χ0v) is 12.8. The predicted molar refractivity (Wildman–Crippen MR) is 78.5 cm³/mol. The van der Waals surface area contributed by atoms with Crippen LogP contribution in [0.4, 0.5) is 0 Å². The molecule has 1 aliphatic carbocycles. The van der Waals surface area contributed by atoms with Crippen LogP contribution in [0.2, 0.25) is 0 Å². The number of hydrogen-bond donors (Lipinski definition) is 1. The Bertz CT molecular complexity index is 535. The largest absolute Gasteiger partial charge is 0.481 e. The summed E-state index contributed by atoms with van der Waals surface area (Å²) in [6.45, 7) is 5.65. The summed E-state index contributed by atoms with van der Waals surface area (Å²) in [6.07, 6.45) is 1.06. The lowest BCUT2D eigenvalue weighted by atomic mass is 9.66. The third-order valence-electron chi connectivity index (χ3n) is 5.21. The van der Waals surface area contributed by atoms with Crippen LogP contribution in [0.1, 0.15) is 39.2 Å². The minimum Gasteiger partial charge on any atom is -0.481 e. The maximum absolute atomic E-state index is 12.3. The fraction of sp³-hybridized carbons (Fsp3) is 0.529. The van der Waals surface area contributed by atoms with E-state index >= 15 is 0 Å². The van der Waals surface area contributed by atoms with Crippen LogP contribution in [0.25, 0.3) is 0 Å². The molecule has 0 spiro atoms. The molecule has 0 bridgehead atoms. The van der Waals surface area contributed by atoms with Gasteiger partial charge < -0.3 is 9.84 Å². The van der Waals surface area contributed by atoms with E-state index in [1.165, 1.54) is 0 Å². The van der Waals surface area contributed by atoms with Crippen LogP contribution >= 0.6 is 0 Å². The van der Waals surface area contributed by atoms with E-state index in [1.807, 2.05) is 44.2 Å². The maximum Gasteiger partial charge on any atom is 0.309 e. The van der Waals surface area contributed by atoms with Gasteiger partial charge in [-0.05, 0) is 30.7 Å². The van der Waals surface area contributed by atoms with Crippen molar-refractivity contribution in [1.29, 1.82) is 0 Å². The van der Waals surface area contributed by atoms with Crippen molar-refractivity contribution in [2.45, 2.75) is 40.2 Å². The maximum atomic E-state index is 12.3. The molecule has 2 atom stereocenters. The normalized spacial score (nSPS) is 27.3. The Labute approximate surface area is 125 Å². The molecule has 2 unspecified atom stereocenters. The molecular weight excluding hydrogens is 268 g/mol. The third kappa shape index (κ3) is 2.67. The Morgan fingerprint density at radius 3 is 2.38 bits per heavy atom. The van der Waals surface area contributed by atoms with Crippen LogP contribution in [-0.2, 0) is 20.9 Å². The van der Waals surface area contributed by atoms with Crippen molar-refractivity contribution in [2.75, 3.05) is 0 Å². The molecule has 0 aromatic heterocycles. The fourth-order valence-corrected chi connectivity index (χ4v) is 3.12. The first kappa shape index (κ1) is 15.5. The van der Waals surface area contributed by atoms with E-state index in [2.05, 4.69) is 0 Å². The molecule has 1 aromatic carbocycles. The van der Waals surface area contributed by atoms with E-state index in [-0.39, 0.29) is 18.5 Å². The number of aliphatic carboxylic acids is 1. The molecule has 1 aliphatic rings. The molecule has 0 heterocycles. The monoisotopic (exact) mass is 290 g/mol. The summed E-state index contributed by atoms with van der Waals surface area (Å²) in [4.78, 5) is 23.9. The van der Waals surface area contributed by atoms with Gasteiger partial charge in [0.2, 0.25) is 0 Å². The molecule has 1 saturated carbocycles. The van der Waals surface area contributed by atoms with Gasteiger partial charge in [-0.2, -0.15) is 0 Å². The van der Waals surface area contributed by atoms with E-state index in [9.17, 15) is 14.7 Å². The van der Waals surface area contributed by atoms with Gasteiger partial charge in [0.05, 0.1) is 11.3 Å². The van der Waals surface area contributed by atoms with Crippen LogP contribution < -0.4 is 0 Å². The van der Waals surface area contributed by atoms with Crippen LogP contribution in [0.3, 0.4) is 0 Å². The van der Waals surface area contributed by atoms with E-state index in [1.54, 1.807) is 6.92 Å². The smallest absolute Gasteiger partial charge is 0.309 e. The number of carbonyl (C=O) groups excluding carboxylic acids is 1. The van der Waals surface area contributed by atoms with Crippen LogP contribution in [0, 0.1) is 16.7 Å². The molecule has 1 N–H and O–H groups in total. The summed E-state index contributed by atoms with van der Waals surface area (Å²) in [5, 5.41) is 9.46. The van der Waals surface area contributed by atoms with Gasteiger partial charge in [-0.25, -0.2) is 0 Å². The van der Waals surface area contributed by atoms with E-state index < -0.39 is 16.8 Å². The highest BCUT2D eigenvalue weighted by Crippen LogP contribution is 2.56. The summed E-state index contributed by atoms with van der Waals surface area (Å²) >= 11 is 0. The van der Waals surface area contributed by atoms with Crippen LogP contribution in [0.5, 0.6) is 0 Å². The Morgan fingerprint density at radius 1 is 1.24 bits per heavy atom. The lowest BCUT2D eigenvalue weighted by Gasteiger charge is -2.37. The summed E-state index contributed by atoms with van der Waals surface area (Å²) in [5.41, 5.74) is -0.571. The minimum absolute atomic E-state index is 0.232. The molecule has 1 aromatic rings. The number of carboxylic acid groups (broad SMARTS) is 1. The van der Waals surface area contributed by atoms with Gasteiger partial charge in [0.15, 0.2) is 0 Å². The van der Waals surface area contributed by atoms with Crippen molar-refractivity contribution in [3.05, 3.63) is 35.9 Å². The van der Waals surface area contributed by atoms with Crippen molar-refractivity contribution in [3.8, 4) is 0 Å². The highest BCUT2D eigenvalue weighted by molar-refractivity contribution is 5.80. The second-order valence-electron chi connectivity index (χ2n) is 6.54. The first-order chi connectivity index (χ1) is 9.79. The van der Waals surface area contributed by atoms with Crippen LogP contribution in [-0.4, -0.2) is 17.0 Å². The van der Waals surface area contributed by atoms with E-state index in [0.29, 0.717) is 12.8 Å². The quantitative estimate of drug-likeness (QED) is 0.864. The summed E-state index contributed by atoms with van der Waals surface area (Å²) in [7, 11) is 0. The molecule has 21 heavy (non-hydrogen) atoms. The SMILES string of the molecule is CC1(C(=O)O)CCC(C(=O)OCc2ccccc2)C1(C)C. The van der Waals surface area contributed by atoms with Gasteiger partial charge >= 0.3 is 11.9 Å². The first-order valence-electron chi connectivity index (χ1n) is 7.23. The highest BCUT2D eigenvalue weighted by Gasteiger charge is 2.58. The van der Waals surface area contributed by atoms with E-state index in [4.69, 9.17) is 4.74 Å². The van der Waals surface area contributed by atoms with Crippen molar-refractivity contribution >= 4 is 11.9 Å². The first-order valence-corrected chi connectivity index (χ1v) is 7.23. The summed E-state index contributed by atoms with van der Waals surface area (Å²) < 4.78 is 5.39. The third-order valence-corrected chi connectivity index (χ3v) is 5.21. The zero-order chi connectivity index (χ0) is 15.7. The average Bonchev–Trinajstić information content (AvgIpc) is 2.69. The Hall–Kier alpha value is -1.84. The van der Waals surface area contributed by atoms with Gasteiger partial charge in [-0.15, -0.1) is 0 Å². The summed E-state index contributed by atoms with van der Waals surface area (Å²) in [5.74, 6) is -1.51. The molecule has 1 fully saturated rings. The second kappa shape index (κ2) is 5.51. The molecule has 2 rings (SSSR count). The fourth-order valence-electron chi connectivity index (χ4n) is 3.12. The van der Waals surface area contributed by atoms with Gasteiger partial charge in [-0.3, -0.25) is 9.59 Å². The van der Waals surface area contributed by atoms with Gasteiger partial charge in [0, 0.05) is 0 Å². The Kier molecular flexibility index (Phi) is 4.08. The number of carbonyl (C=O) groups is 2. The standard InChI is InChI=1S/C17H22O4/c1-16(2)13(9-10-17(16,3)15(19)20)14(18)21-11-12-7-5-4-6-8-12/h4-8,13H,9-11H2,1-3H3,(H,19,20). The molecule has 0 saturated heterocycles. The Balaban J connectivity index is 2.05. The van der Waals surface area contributed by atoms with Crippen LogP contribution in [0.15, 0.2) is 30.3 Å². The van der Waals surface area contributed by atoms with Crippen molar-refractivity contribution in [2.24, 2.45) is 16.7 Å². The number of carboxylic acids is 1. The van der Waals surface area contributed by atoms with Crippen molar-refractivity contribution < 1.29 is 19.4 Å². The molecular formula is C17H22O4. The van der Waals surface area contributed by atoms with Gasteiger partial charge in [0.25, 0.3) is 0 Å². The Morgan fingerprint density at radius 2 is 1.86 bits per heavy atom. The molecule has 4 nitrogen and oxygen atoms in total. The zero-order valence-electron chi connectivity index (χ0n) is 12.8.